The molecule has 0 aliphatic carbocycles. The first-order chi connectivity index (χ1) is 17.9. The minimum Gasteiger partial charge on any atom is -0.458 e. The highest BCUT2D eigenvalue weighted by molar-refractivity contribution is 9.10. The fourth-order valence-electron chi connectivity index (χ4n) is 3.59. The number of benzene rings is 2. The van der Waals surface area contributed by atoms with E-state index in [9.17, 15) is 14.3 Å². The second-order valence-electron chi connectivity index (χ2n) is 8.24. The number of nitriles is 1. The lowest BCUT2D eigenvalue weighted by molar-refractivity contribution is -0.146. The van der Waals surface area contributed by atoms with Crippen LogP contribution < -0.4 is 0 Å². The number of esters is 1. The zero-order chi connectivity index (χ0) is 26.6. The molecule has 0 aliphatic rings. The molecular formula is C28H29BrN2O4S2. The zero-order valence-electron chi connectivity index (χ0n) is 20.8. The average Bonchev–Trinajstić information content (AvgIpc) is 2.91. The van der Waals surface area contributed by atoms with Crippen LogP contribution in [-0.4, -0.2) is 52.2 Å². The summed E-state index contributed by atoms with van der Waals surface area (Å²) in [6, 6.07) is 21.6. The van der Waals surface area contributed by atoms with E-state index in [1.807, 2.05) is 67.6 Å². The van der Waals surface area contributed by atoms with E-state index in [0.29, 0.717) is 22.0 Å². The molecule has 1 aromatic heterocycles. The Labute approximate surface area is 233 Å². The third-order valence-corrected chi connectivity index (χ3v) is 8.36. The van der Waals surface area contributed by atoms with Gasteiger partial charge in [0.2, 0.25) is 0 Å². The van der Waals surface area contributed by atoms with Crippen LogP contribution in [-0.2, 0) is 25.1 Å². The molecule has 194 valence electrons. The van der Waals surface area contributed by atoms with Gasteiger partial charge in [0.05, 0.1) is 29.4 Å². The smallest absolute Gasteiger partial charge is 0.316 e. The van der Waals surface area contributed by atoms with Crippen LogP contribution in [0.2, 0.25) is 0 Å². The van der Waals surface area contributed by atoms with Crippen molar-refractivity contribution in [1.29, 1.82) is 5.26 Å². The molecule has 3 rings (SSSR count). The molecule has 6 nitrogen and oxygen atoms in total. The number of thioether (sulfide) groups is 1. The number of carbonyl (C=O) groups is 1. The van der Waals surface area contributed by atoms with Crippen LogP contribution in [0.4, 0.5) is 0 Å². The van der Waals surface area contributed by atoms with Crippen molar-refractivity contribution in [2.45, 2.75) is 30.9 Å². The lowest BCUT2D eigenvalue weighted by Crippen LogP contribution is -2.30. The lowest BCUT2D eigenvalue weighted by atomic mass is 9.99. The molecule has 2 unspecified atom stereocenters. The van der Waals surface area contributed by atoms with Crippen molar-refractivity contribution >= 4 is 44.5 Å². The summed E-state index contributed by atoms with van der Waals surface area (Å²) in [5.41, 5.74) is 3.63. The number of rotatable bonds is 13. The summed E-state index contributed by atoms with van der Waals surface area (Å²) in [4.78, 5) is 17.5. The van der Waals surface area contributed by atoms with E-state index in [1.165, 1.54) is 7.11 Å². The Kier molecular flexibility index (Phi) is 11.8. The van der Waals surface area contributed by atoms with Gasteiger partial charge in [-0.3, -0.25) is 9.00 Å². The van der Waals surface area contributed by atoms with Gasteiger partial charge in [-0.1, -0.05) is 83.5 Å². The maximum Gasteiger partial charge on any atom is 0.316 e. The van der Waals surface area contributed by atoms with E-state index in [1.54, 1.807) is 0 Å². The third kappa shape index (κ3) is 8.78. The number of methoxy groups -OCH3 is 1. The highest BCUT2D eigenvalue weighted by Gasteiger charge is 2.20. The van der Waals surface area contributed by atoms with Crippen LogP contribution in [0, 0.1) is 11.3 Å². The Morgan fingerprint density at radius 2 is 1.89 bits per heavy atom. The highest BCUT2D eigenvalue weighted by atomic mass is 79.9. The standard InChI is InChI=1S/C28H29BrN2O4S2/c1-3-4-14-37(33)19-23(17-34-2)35-27(32)18-36-28-25(16-30)24(20-8-6-5-7-9-20)15-26(31-28)21-10-12-22(29)13-11-21/h5-13,15,23H,3-4,14,17-19H2,1-2H3. The van der Waals surface area contributed by atoms with Gasteiger partial charge in [-0.25, -0.2) is 4.98 Å². The number of halogens is 1. The van der Waals surface area contributed by atoms with E-state index < -0.39 is 22.9 Å². The Bertz CT molecular complexity index is 1250. The van der Waals surface area contributed by atoms with Gasteiger partial charge in [-0.2, -0.15) is 5.26 Å². The maximum absolute atomic E-state index is 12.7. The van der Waals surface area contributed by atoms with Gasteiger partial charge in [0.15, 0.2) is 0 Å². The molecule has 0 aliphatic heterocycles. The molecule has 0 fully saturated rings. The maximum atomic E-state index is 12.7. The average molecular weight is 602 g/mol. The van der Waals surface area contributed by atoms with Crippen LogP contribution in [0.15, 0.2) is 70.2 Å². The Hall–Kier alpha value is -2.51. The summed E-state index contributed by atoms with van der Waals surface area (Å²) in [5.74, 6) is 0.300. The second kappa shape index (κ2) is 15.0. The monoisotopic (exact) mass is 600 g/mol. The van der Waals surface area contributed by atoms with Crippen molar-refractivity contribution in [3.05, 3.63) is 70.7 Å². The topological polar surface area (TPSA) is 89.3 Å². The van der Waals surface area contributed by atoms with Crippen molar-refractivity contribution in [3.63, 3.8) is 0 Å². The predicted molar refractivity (Wildman–Crippen MR) is 153 cm³/mol. The van der Waals surface area contributed by atoms with Crippen LogP contribution in [0.25, 0.3) is 22.4 Å². The first kappa shape index (κ1) is 29.1. The summed E-state index contributed by atoms with van der Waals surface area (Å²) >= 11 is 4.62. The first-order valence-corrected chi connectivity index (χ1v) is 15.1. The fraction of sp³-hybridized carbons (Fsp3) is 0.321. The number of hydrogen-bond acceptors (Lipinski definition) is 7. The van der Waals surface area contributed by atoms with Gasteiger partial charge in [0, 0.05) is 39.3 Å². The van der Waals surface area contributed by atoms with E-state index in [4.69, 9.17) is 14.5 Å². The third-order valence-electron chi connectivity index (χ3n) is 5.40. The van der Waals surface area contributed by atoms with E-state index in [0.717, 1.165) is 45.8 Å². The summed E-state index contributed by atoms with van der Waals surface area (Å²) in [7, 11) is 0.434. The molecule has 0 spiro atoms. The molecule has 0 saturated carbocycles. The molecule has 0 saturated heterocycles. The summed E-state index contributed by atoms with van der Waals surface area (Å²) in [6.45, 7) is 2.22. The SMILES string of the molecule is CCCCS(=O)CC(COC)OC(=O)CSc1nc(-c2ccc(Br)cc2)cc(-c2ccccc2)c1C#N. The molecule has 0 amide bonds. The number of pyridine rings is 1. The summed E-state index contributed by atoms with van der Waals surface area (Å²) < 4.78 is 24.0. The Morgan fingerprint density at radius 1 is 1.16 bits per heavy atom. The Balaban J connectivity index is 1.84. The van der Waals surface area contributed by atoms with Crippen LogP contribution in [0.1, 0.15) is 25.3 Å². The van der Waals surface area contributed by atoms with Crippen LogP contribution in [0.5, 0.6) is 0 Å². The largest absolute Gasteiger partial charge is 0.458 e. The highest BCUT2D eigenvalue weighted by Crippen LogP contribution is 2.34. The van der Waals surface area contributed by atoms with Crippen LogP contribution >= 0.6 is 27.7 Å². The van der Waals surface area contributed by atoms with Crippen molar-refractivity contribution < 1.29 is 18.5 Å². The zero-order valence-corrected chi connectivity index (χ0v) is 24.0. The molecule has 0 bridgehead atoms. The molecule has 2 aromatic carbocycles. The van der Waals surface area contributed by atoms with E-state index in [2.05, 4.69) is 22.0 Å². The van der Waals surface area contributed by atoms with Crippen LogP contribution in [0.3, 0.4) is 0 Å². The normalized spacial score (nSPS) is 12.5. The summed E-state index contributed by atoms with van der Waals surface area (Å²) in [5, 5.41) is 10.5. The minimum atomic E-state index is -1.09. The molecule has 9 heteroatoms. The molecule has 0 N–H and O–H groups in total. The number of ether oxygens (including phenoxy) is 2. The molecule has 1 heterocycles. The summed E-state index contributed by atoms with van der Waals surface area (Å²) in [6.07, 6.45) is 1.22. The fourth-order valence-corrected chi connectivity index (χ4v) is 6.00. The van der Waals surface area contributed by atoms with Crippen molar-refractivity contribution in [1.82, 2.24) is 4.98 Å². The second-order valence-corrected chi connectivity index (χ2v) is 11.7. The van der Waals surface area contributed by atoms with Gasteiger partial charge in [-0.15, -0.1) is 0 Å². The van der Waals surface area contributed by atoms with E-state index in [-0.39, 0.29) is 18.1 Å². The molecular weight excluding hydrogens is 572 g/mol. The Morgan fingerprint density at radius 3 is 2.54 bits per heavy atom. The number of nitrogens with zero attached hydrogens (tertiary/aromatic N) is 2. The molecule has 2 atom stereocenters. The molecule has 0 radical (unpaired) electrons. The van der Waals surface area contributed by atoms with Gasteiger partial charge in [0.1, 0.15) is 17.2 Å². The number of aromatic nitrogens is 1. The van der Waals surface area contributed by atoms with Gasteiger partial charge < -0.3 is 9.47 Å². The van der Waals surface area contributed by atoms with Crippen molar-refractivity contribution in [3.8, 4) is 28.5 Å². The van der Waals surface area contributed by atoms with Crippen molar-refractivity contribution in [2.24, 2.45) is 0 Å². The quantitative estimate of drug-likeness (QED) is 0.169. The predicted octanol–water partition coefficient (Wildman–Crippen LogP) is 6.25. The van der Waals surface area contributed by atoms with Gasteiger partial charge in [-0.05, 0) is 30.2 Å². The molecule has 3 aromatic rings. The minimum absolute atomic E-state index is 0.0402. The number of carbonyl (C=O) groups excluding carboxylic acids is 1. The lowest BCUT2D eigenvalue weighted by Gasteiger charge is -2.17. The van der Waals surface area contributed by atoms with Crippen molar-refractivity contribution in [2.75, 3.05) is 31.0 Å². The first-order valence-electron chi connectivity index (χ1n) is 11.9. The van der Waals surface area contributed by atoms with Gasteiger partial charge >= 0.3 is 5.97 Å². The molecule has 37 heavy (non-hydrogen) atoms. The van der Waals surface area contributed by atoms with E-state index >= 15 is 0 Å². The number of unbranched alkanes of at least 4 members (excludes halogenated alkanes) is 1. The van der Waals surface area contributed by atoms with Gasteiger partial charge in [0.25, 0.3) is 0 Å². The number of hydrogen-bond donors (Lipinski definition) is 0.